The first-order chi connectivity index (χ1) is 17.7. The third kappa shape index (κ3) is 8.13. The quantitative estimate of drug-likeness (QED) is 0.267. The summed E-state index contributed by atoms with van der Waals surface area (Å²) < 4.78 is 18.9. The standard InChI is InChI=1S/C26H25FN4O6/c27-20-12-11-19(15-23(20)31(35)36)14-21(24(28)32)29-25(33)22(13-17-7-3-1-4-8-17)30-26(34)37-16-18-9-5-2-6-10-18/h1-12,15,21-22H,13-14,16H2,(H2,28,32)(H,29,33)(H,30,34)/t21-,22+/m0/s1. The Morgan fingerprint density at radius 1 is 0.865 bits per heavy atom. The van der Waals surface area contributed by atoms with Crippen LogP contribution >= 0.6 is 0 Å². The summed E-state index contributed by atoms with van der Waals surface area (Å²) in [6.07, 6.45) is -0.982. The van der Waals surface area contributed by atoms with Gasteiger partial charge in [-0.05, 0) is 22.8 Å². The summed E-state index contributed by atoms with van der Waals surface area (Å²) in [5.74, 6) is -2.67. The number of nitrogens with two attached hydrogens (primary N) is 1. The van der Waals surface area contributed by atoms with Gasteiger partial charge in [0.05, 0.1) is 4.92 Å². The highest BCUT2D eigenvalue weighted by atomic mass is 19.1. The van der Waals surface area contributed by atoms with E-state index in [-0.39, 0.29) is 25.0 Å². The van der Waals surface area contributed by atoms with Crippen LogP contribution in [-0.2, 0) is 33.8 Å². The highest BCUT2D eigenvalue weighted by Gasteiger charge is 2.27. The van der Waals surface area contributed by atoms with Crippen molar-refractivity contribution in [1.82, 2.24) is 10.6 Å². The molecule has 0 aliphatic carbocycles. The second kappa shape index (κ2) is 12.8. The van der Waals surface area contributed by atoms with Gasteiger partial charge >= 0.3 is 11.8 Å². The van der Waals surface area contributed by atoms with E-state index in [9.17, 15) is 28.9 Å². The van der Waals surface area contributed by atoms with Gasteiger partial charge in [-0.2, -0.15) is 4.39 Å². The van der Waals surface area contributed by atoms with Crippen LogP contribution in [0.3, 0.4) is 0 Å². The molecular formula is C26H25FN4O6. The molecule has 10 nitrogen and oxygen atoms in total. The van der Waals surface area contributed by atoms with Gasteiger partial charge in [-0.3, -0.25) is 19.7 Å². The third-order valence-electron chi connectivity index (χ3n) is 5.41. The Morgan fingerprint density at radius 3 is 2.05 bits per heavy atom. The van der Waals surface area contributed by atoms with Crippen molar-refractivity contribution >= 4 is 23.6 Å². The van der Waals surface area contributed by atoms with Gasteiger partial charge < -0.3 is 21.1 Å². The van der Waals surface area contributed by atoms with Crippen LogP contribution in [-0.4, -0.2) is 34.9 Å². The fraction of sp³-hybridized carbons (Fsp3) is 0.192. The van der Waals surface area contributed by atoms with Gasteiger partial charge in [0, 0.05) is 18.9 Å². The summed E-state index contributed by atoms with van der Waals surface area (Å²) in [6, 6.07) is 18.5. The van der Waals surface area contributed by atoms with Crippen molar-refractivity contribution in [1.29, 1.82) is 0 Å². The number of primary amides is 1. The zero-order chi connectivity index (χ0) is 26.8. The smallest absolute Gasteiger partial charge is 0.408 e. The molecule has 0 spiro atoms. The second-order valence-electron chi connectivity index (χ2n) is 8.16. The molecule has 4 N–H and O–H groups in total. The molecule has 0 aliphatic rings. The van der Waals surface area contributed by atoms with Gasteiger partial charge in [0.15, 0.2) is 0 Å². The lowest BCUT2D eigenvalue weighted by Gasteiger charge is -2.22. The van der Waals surface area contributed by atoms with E-state index < -0.39 is 46.4 Å². The molecule has 0 unspecified atom stereocenters. The summed E-state index contributed by atoms with van der Waals surface area (Å²) in [6.45, 7) is -0.0143. The number of alkyl carbamates (subject to hydrolysis) is 1. The molecule has 0 fully saturated rings. The lowest BCUT2D eigenvalue weighted by Crippen LogP contribution is -2.54. The molecule has 0 saturated heterocycles. The number of hydrogen-bond donors (Lipinski definition) is 3. The first-order valence-corrected chi connectivity index (χ1v) is 11.3. The van der Waals surface area contributed by atoms with Crippen LogP contribution in [0.4, 0.5) is 14.9 Å². The molecule has 37 heavy (non-hydrogen) atoms. The van der Waals surface area contributed by atoms with E-state index in [2.05, 4.69) is 10.6 Å². The molecule has 0 heterocycles. The Morgan fingerprint density at radius 2 is 1.46 bits per heavy atom. The Labute approximate surface area is 211 Å². The van der Waals surface area contributed by atoms with Gasteiger partial charge in [0.1, 0.15) is 18.7 Å². The van der Waals surface area contributed by atoms with Crippen LogP contribution < -0.4 is 16.4 Å². The van der Waals surface area contributed by atoms with Crippen molar-refractivity contribution in [2.45, 2.75) is 31.5 Å². The second-order valence-corrected chi connectivity index (χ2v) is 8.16. The number of ether oxygens (including phenoxy) is 1. The van der Waals surface area contributed by atoms with E-state index in [4.69, 9.17) is 10.5 Å². The van der Waals surface area contributed by atoms with E-state index in [1.807, 2.05) is 6.07 Å². The van der Waals surface area contributed by atoms with Crippen molar-refractivity contribution < 1.29 is 28.4 Å². The Kier molecular flexibility index (Phi) is 9.25. The SMILES string of the molecule is NC(=O)[C@H](Cc1ccc(F)c([N+](=O)[O-])c1)NC(=O)[C@@H](Cc1ccccc1)NC(=O)OCc1ccccc1. The number of carbonyl (C=O) groups excluding carboxylic acids is 3. The molecule has 3 rings (SSSR count). The Bertz CT molecular complexity index is 1260. The molecule has 0 bridgehead atoms. The maximum Gasteiger partial charge on any atom is 0.408 e. The summed E-state index contributed by atoms with van der Waals surface area (Å²) >= 11 is 0. The summed E-state index contributed by atoms with van der Waals surface area (Å²) in [5.41, 5.74) is 6.39. The maximum absolute atomic E-state index is 13.7. The maximum atomic E-state index is 13.7. The molecule has 0 saturated carbocycles. The molecule has 192 valence electrons. The largest absolute Gasteiger partial charge is 0.445 e. The number of hydrogen-bond acceptors (Lipinski definition) is 6. The van der Waals surface area contributed by atoms with Crippen LogP contribution in [0.5, 0.6) is 0 Å². The van der Waals surface area contributed by atoms with Crippen LogP contribution in [0.1, 0.15) is 16.7 Å². The lowest BCUT2D eigenvalue weighted by atomic mass is 10.0. The predicted molar refractivity (Wildman–Crippen MR) is 132 cm³/mol. The highest BCUT2D eigenvalue weighted by molar-refractivity contribution is 5.91. The minimum absolute atomic E-state index is 0.0143. The monoisotopic (exact) mass is 508 g/mol. The van der Waals surface area contributed by atoms with Crippen LogP contribution in [0.15, 0.2) is 78.9 Å². The molecular weight excluding hydrogens is 483 g/mol. The number of nitrogens with one attached hydrogen (secondary N) is 2. The molecule has 11 heteroatoms. The minimum Gasteiger partial charge on any atom is -0.445 e. The minimum atomic E-state index is -1.28. The fourth-order valence-electron chi connectivity index (χ4n) is 3.52. The van der Waals surface area contributed by atoms with E-state index in [1.54, 1.807) is 54.6 Å². The first-order valence-electron chi connectivity index (χ1n) is 11.3. The van der Waals surface area contributed by atoms with Crippen LogP contribution in [0.25, 0.3) is 0 Å². The van der Waals surface area contributed by atoms with Crippen molar-refractivity contribution in [3.63, 3.8) is 0 Å². The van der Waals surface area contributed by atoms with Gasteiger partial charge in [-0.15, -0.1) is 0 Å². The topological polar surface area (TPSA) is 154 Å². The molecule has 0 aromatic heterocycles. The third-order valence-corrected chi connectivity index (χ3v) is 5.41. The number of amides is 3. The Hall–Kier alpha value is -4.80. The Balaban J connectivity index is 1.73. The number of benzene rings is 3. The lowest BCUT2D eigenvalue weighted by molar-refractivity contribution is -0.387. The number of rotatable bonds is 11. The summed E-state index contributed by atoms with van der Waals surface area (Å²) in [5, 5.41) is 16.0. The predicted octanol–water partition coefficient (Wildman–Crippen LogP) is 2.78. The van der Waals surface area contributed by atoms with Crippen molar-refractivity contribution in [3.8, 4) is 0 Å². The van der Waals surface area contributed by atoms with Gasteiger partial charge in [-0.1, -0.05) is 66.7 Å². The zero-order valence-electron chi connectivity index (χ0n) is 19.6. The summed E-state index contributed by atoms with van der Waals surface area (Å²) in [4.78, 5) is 47.8. The van der Waals surface area contributed by atoms with E-state index in [0.29, 0.717) is 0 Å². The van der Waals surface area contributed by atoms with Crippen molar-refractivity contribution in [2.24, 2.45) is 5.73 Å². The average Bonchev–Trinajstić information content (AvgIpc) is 2.88. The van der Waals surface area contributed by atoms with Crippen molar-refractivity contribution in [2.75, 3.05) is 0 Å². The number of nitro groups is 1. The number of nitrogens with zero attached hydrogens (tertiary/aromatic N) is 1. The molecule has 3 amide bonds. The molecule has 0 aliphatic heterocycles. The van der Waals surface area contributed by atoms with E-state index >= 15 is 0 Å². The molecule has 3 aromatic carbocycles. The average molecular weight is 509 g/mol. The summed E-state index contributed by atoms with van der Waals surface area (Å²) in [7, 11) is 0. The van der Waals surface area contributed by atoms with E-state index in [1.165, 1.54) is 6.07 Å². The molecule has 2 atom stereocenters. The molecule has 0 radical (unpaired) electrons. The molecule has 3 aromatic rings. The first kappa shape index (κ1) is 26.8. The fourth-order valence-corrected chi connectivity index (χ4v) is 3.52. The van der Waals surface area contributed by atoms with Crippen LogP contribution in [0.2, 0.25) is 0 Å². The number of carbonyl (C=O) groups is 3. The van der Waals surface area contributed by atoms with Gasteiger partial charge in [-0.25, -0.2) is 4.79 Å². The van der Waals surface area contributed by atoms with Gasteiger partial charge in [0.25, 0.3) is 0 Å². The van der Waals surface area contributed by atoms with Crippen molar-refractivity contribution in [3.05, 3.63) is 111 Å². The number of halogens is 1. The highest BCUT2D eigenvalue weighted by Crippen LogP contribution is 2.19. The number of nitro benzene ring substituents is 1. The van der Waals surface area contributed by atoms with Crippen LogP contribution in [0, 0.1) is 15.9 Å². The van der Waals surface area contributed by atoms with E-state index in [0.717, 1.165) is 23.3 Å². The normalized spacial score (nSPS) is 12.1. The van der Waals surface area contributed by atoms with Gasteiger partial charge in [0.2, 0.25) is 17.6 Å². The zero-order valence-corrected chi connectivity index (χ0v) is 19.6.